The Morgan fingerprint density at radius 3 is 2.05 bits per heavy atom. The van der Waals surface area contributed by atoms with Crippen LogP contribution in [-0.2, 0) is 24.6 Å². The number of likely N-dealkylation sites (N-methyl/N-ethyl adjacent to an activating group) is 1. The molecule has 1 aliphatic heterocycles. The highest BCUT2D eigenvalue weighted by Crippen LogP contribution is 2.65. The van der Waals surface area contributed by atoms with E-state index >= 15 is 0 Å². The number of Topliss-reactive ketones (excluding diaryl/α,β-unsaturated/α-hetero) is 1. The Hall–Kier alpha value is -3.77. The number of hydrogen-bond acceptors (Lipinski definition) is 8. The summed E-state index contributed by atoms with van der Waals surface area (Å²) in [5.74, 6) is -2.18. The van der Waals surface area contributed by atoms with E-state index in [4.69, 9.17) is 0 Å². The maximum absolute atomic E-state index is 14.9. The van der Waals surface area contributed by atoms with Crippen molar-refractivity contribution in [3.05, 3.63) is 26.0 Å². The first-order valence-electron chi connectivity index (χ1n) is 20.5. The smallest absolute Gasteiger partial charge is 0.315 e. The van der Waals surface area contributed by atoms with Gasteiger partial charge in [0.05, 0.1) is 17.8 Å². The van der Waals surface area contributed by atoms with E-state index in [1.54, 1.807) is 16.8 Å². The molecular formula is C42H66N6O7. The van der Waals surface area contributed by atoms with Crippen molar-refractivity contribution in [3.63, 3.8) is 0 Å². The molecule has 0 bridgehead atoms. The summed E-state index contributed by atoms with van der Waals surface area (Å²) in [6.07, 6.45) is 6.83. The first-order chi connectivity index (χ1) is 25.4. The molecule has 3 saturated carbocycles. The summed E-state index contributed by atoms with van der Waals surface area (Å²) in [6.45, 7) is 20.3. The minimum atomic E-state index is -0.999. The van der Waals surface area contributed by atoms with E-state index < -0.39 is 74.9 Å². The van der Waals surface area contributed by atoms with E-state index in [1.165, 1.54) is 0 Å². The lowest BCUT2D eigenvalue weighted by atomic mass is 9.70. The van der Waals surface area contributed by atoms with E-state index in [0.29, 0.717) is 30.6 Å². The average Bonchev–Trinajstić information content (AvgIpc) is 3.94. The number of carbonyl (C=O) groups excluding carboxylic acids is 5. The highest BCUT2D eigenvalue weighted by Gasteiger charge is 2.70. The Morgan fingerprint density at radius 2 is 1.51 bits per heavy atom. The molecular weight excluding hydrogens is 700 g/mol. The summed E-state index contributed by atoms with van der Waals surface area (Å²) in [5, 5.41) is 11.8. The van der Waals surface area contributed by atoms with E-state index in [-0.39, 0.29) is 35.7 Å². The predicted octanol–water partition coefficient (Wildman–Crippen LogP) is 3.68. The van der Waals surface area contributed by atoms with Gasteiger partial charge in [0.2, 0.25) is 28.5 Å². The van der Waals surface area contributed by atoms with Gasteiger partial charge in [-0.1, -0.05) is 94.9 Å². The van der Waals surface area contributed by atoms with Gasteiger partial charge in [0.1, 0.15) is 12.1 Å². The van der Waals surface area contributed by atoms with Gasteiger partial charge in [0.25, 0.3) is 5.91 Å². The molecule has 1 heterocycles. The first kappa shape index (κ1) is 42.4. The quantitative estimate of drug-likeness (QED) is 0.208. The first-order valence-corrected chi connectivity index (χ1v) is 20.5. The second-order valence-electron chi connectivity index (χ2n) is 20.0. The molecule has 13 heteroatoms. The molecule has 1 saturated heterocycles. The summed E-state index contributed by atoms with van der Waals surface area (Å²) in [4.78, 5) is 98.0. The highest BCUT2D eigenvalue weighted by atomic mass is 16.2. The van der Waals surface area contributed by atoms with Gasteiger partial charge in [-0.25, -0.2) is 4.79 Å². The van der Waals surface area contributed by atoms with Crippen molar-refractivity contribution < 1.29 is 24.0 Å². The van der Waals surface area contributed by atoms with Gasteiger partial charge in [-0.3, -0.25) is 28.8 Å². The fraction of sp³-hybridized carbons (Fsp3) is 0.786. The fourth-order valence-electron chi connectivity index (χ4n) is 9.29. The van der Waals surface area contributed by atoms with Crippen molar-refractivity contribution in [2.45, 2.75) is 163 Å². The Morgan fingerprint density at radius 1 is 0.891 bits per heavy atom. The Labute approximate surface area is 326 Å². The van der Waals surface area contributed by atoms with Gasteiger partial charge in [0.15, 0.2) is 0 Å². The lowest BCUT2D eigenvalue weighted by Crippen LogP contribution is -2.63. The predicted molar refractivity (Wildman–Crippen MR) is 212 cm³/mol. The van der Waals surface area contributed by atoms with Crippen LogP contribution in [0.5, 0.6) is 0 Å². The molecule has 3 aliphatic carbocycles. The van der Waals surface area contributed by atoms with Crippen molar-refractivity contribution >= 4 is 35.2 Å². The summed E-state index contributed by atoms with van der Waals surface area (Å²) >= 11 is 0. The molecule has 13 nitrogen and oxygen atoms in total. The third-order valence-corrected chi connectivity index (χ3v) is 13.1. The van der Waals surface area contributed by atoms with Gasteiger partial charge in [-0.05, 0) is 65.6 Å². The number of fused-ring (bicyclic) bond motifs is 1. The zero-order valence-corrected chi connectivity index (χ0v) is 35.1. The Balaban J connectivity index is 1.37. The number of hydrogen-bond donors (Lipinski definition) is 4. The normalized spacial score (nSPS) is 24.6. The zero-order valence-electron chi connectivity index (χ0n) is 35.1. The van der Waals surface area contributed by atoms with Crippen LogP contribution in [0.1, 0.15) is 133 Å². The van der Waals surface area contributed by atoms with Gasteiger partial charge in [-0.2, -0.15) is 0 Å². The molecule has 55 heavy (non-hydrogen) atoms. The molecule has 2 unspecified atom stereocenters. The van der Waals surface area contributed by atoms with Crippen LogP contribution in [-0.4, -0.2) is 84.8 Å². The van der Waals surface area contributed by atoms with Gasteiger partial charge in [0, 0.05) is 31.7 Å². The van der Waals surface area contributed by atoms with Crippen LogP contribution in [0.25, 0.3) is 0 Å². The number of likely N-dealkylation sites (tertiary alicyclic amines) is 1. The molecule has 306 valence electrons. The topological polar surface area (TPSA) is 174 Å². The van der Waals surface area contributed by atoms with E-state index in [0.717, 1.165) is 44.9 Å². The Kier molecular flexibility index (Phi) is 11.8. The Bertz CT molecular complexity index is 1740. The average molecular weight is 767 g/mol. The molecule has 0 aromatic heterocycles. The van der Waals surface area contributed by atoms with Crippen LogP contribution in [0, 0.1) is 28.1 Å². The molecule has 4 aliphatic rings. The third kappa shape index (κ3) is 8.65. The van der Waals surface area contributed by atoms with Crippen LogP contribution in [0.3, 0.4) is 0 Å². The molecule has 1 aromatic rings. The van der Waals surface area contributed by atoms with E-state index in [1.807, 2.05) is 55.4 Å². The third-order valence-electron chi connectivity index (χ3n) is 13.1. The van der Waals surface area contributed by atoms with Crippen molar-refractivity contribution in [2.24, 2.45) is 28.1 Å². The zero-order chi connectivity index (χ0) is 41.0. The number of urea groups is 1. The van der Waals surface area contributed by atoms with Crippen molar-refractivity contribution in [1.82, 2.24) is 26.2 Å². The maximum atomic E-state index is 14.9. The minimum Gasteiger partial charge on any atom is -0.369 e. The second kappa shape index (κ2) is 15.3. The van der Waals surface area contributed by atoms with E-state index in [9.17, 15) is 33.6 Å². The summed E-state index contributed by atoms with van der Waals surface area (Å²) in [6, 6.07) is -3.78. The number of amides is 5. The fourth-order valence-corrected chi connectivity index (χ4v) is 9.29. The van der Waals surface area contributed by atoms with Crippen LogP contribution < -0.4 is 37.0 Å². The lowest BCUT2D eigenvalue weighted by molar-refractivity contribution is -0.146. The van der Waals surface area contributed by atoms with Gasteiger partial charge < -0.3 is 31.1 Å². The molecule has 5 amide bonds. The number of nitrogens with zero attached hydrogens (tertiary/aromatic N) is 2. The van der Waals surface area contributed by atoms with Gasteiger partial charge >= 0.3 is 6.03 Å². The standard InChI is InChI=1S/C42H66N6O7/c1-12-16-25(31(49)36(53)43-23-17-18-23)44-35(52)30-27-24(41(27,8)9)21-48(30)37(54)34(42(10)19-14-13-15-20-42)46-38(55)45-26(39(2,3)4)22-47(11)29-28(40(5,6)7)32(50)33(29)51/h23-27,30,34H,12-22H2,1-11H3,(H,43,53)(H,44,52)(H2,45,46,55)/t24?,25?,26-,27+,30+,34-/m1/s1. The molecule has 6 atom stereocenters. The monoisotopic (exact) mass is 766 g/mol. The number of rotatable bonds is 14. The SMILES string of the molecule is CCCC(NC(=O)[C@@H]1[C@@H]2C(CN1C(=O)[C@@H](NC(=O)N[C@H](CN(C)c1c(C(C)(C)C)c(=O)c1=O)C(C)(C)C)C1(C)CCCCC1)C2(C)C)C(=O)C(=O)NC1CC1. The molecule has 1 aromatic carbocycles. The largest absolute Gasteiger partial charge is 0.369 e. The number of anilines is 1. The number of ketones is 1. The van der Waals surface area contributed by atoms with Gasteiger partial charge in [-0.15, -0.1) is 0 Å². The molecule has 5 rings (SSSR count). The number of piperidine rings is 1. The maximum Gasteiger partial charge on any atom is 0.315 e. The van der Waals surface area contributed by atoms with Crippen molar-refractivity contribution in [1.29, 1.82) is 0 Å². The minimum absolute atomic E-state index is 0.00380. The second-order valence-corrected chi connectivity index (χ2v) is 20.0. The highest BCUT2D eigenvalue weighted by molar-refractivity contribution is 6.38. The molecule has 4 N–H and O–H groups in total. The number of carbonyl (C=O) groups is 5. The van der Waals surface area contributed by atoms with E-state index in [2.05, 4.69) is 35.1 Å². The van der Waals surface area contributed by atoms with Crippen molar-refractivity contribution in [3.8, 4) is 0 Å². The number of nitrogens with one attached hydrogen (secondary N) is 4. The van der Waals surface area contributed by atoms with Crippen molar-refractivity contribution in [2.75, 3.05) is 25.0 Å². The summed E-state index contributed by atoms with van der Waals surface area (Å²) in [5.41, 5.74) is -1.91. The van der Waals surface area contributed by atoms with Crippen LogP contribution in [0.2, 0.25) is 0 Å². The molecule has 4 fully saturated rings. The molecule has 0 radical (unpaired) electrons. The van der Waals surface area contributed by atoms with Crippen LogP contribution in [0.15, 0.2) is 9.59 Å². The lowest BCUT2D eigenvalue weighted by Gasteiger charge is -2.43. The summed E-state index contributed by atoms with van der Waals surface area (Å²) in [7, 11) is 1.75. The van der Waals surface area contributed by atoms with Crippen LogP contribution >= 0.6 is 0 Å². The molecule has 0 spiro atoms. The summed E-state index contributed by atoms with van der Waals surface area (Å²) < 4.78 is 0. The van der Waals surface area contributed by atoms with Crippen LogP contribution in [0.4, 0.5) is 10.5 Å².